The molecule has 4 heterocycles. The zero-order chi connectivity index (χ0) is 20.3. The molecule has 9 heteroatoms. The van der Waals surface area contributed by atoms with Crippen LogP contribution in [0.25, 0.3) is 21.8 Å². The van der Waals surface area contributed by atoms with Crippen molar-refractivity contribution < 1.29 is 27.0 Å². The molecule has 2 aliphatic heterocycles. The molecule has 3 aromatic rings. The van der Waals surface area contributed by atoms with Crippen LogP contribution in [-0.4, -0.2) is 53.4 Å². The van der Waals surface area contributed by atoms with Crippen LogP contribution in [0.2, 0.25) is 0 Å². The summed E-state index contributed by atoms with van der Waals surface area (Å²) in [6.07, 6.45) is -2.44. The molecule has 2 fully saturated rings. The summed E-state index contributed by atoms with van der Waals surface area (Å²) in [4.78, 5) is 5.88. The number of fused-ring (bicyclic) bond motifs is 5. The van der Waals surface area contributed by atoms with Gasteiger partial charge in [-0.25, -0.2) is 9.37 Å². The summed E-state index contributed by atoms with van der Waals surface area (Å²) < 4.78 is 67.6. The van der Waals surface area contributed by atoms with Gasteiger partial charge in [0.25, 0.3) is 0 Å². The van der Waals surface area contributed by atoms with Crippen LogP contribution in [0.1, 0.15) is 12.1 Å². The Morgan fingerprint density at radius 3 is 2.59 bits per heavy atom. The molecule has 2 bridgehead atoms. The lowest BCUT2D eigenvalue weighted by molar-refractivity contribution is -0.140. The minimum Gasteiger partial charge on any atom is -0.494 e. The number of nitrogens with zero attached hydrogens (tertiary/aromatic N) is 3. The Morgan fingerprint density at radius 1 is 1.17 bits per heavy atom. The molecule has 1 aromatic carbocycles. The quantitative estimate of drug-likeness (QED) is 0.614. The van der Waals surface area contributed by atoms with Crippen LogP contribution in [0.15, 0.2) is 24.4 Å². The van der Waals surface area contributed by atoms with Gasteiger partial charge in [0.2, 0.25) is 0 Å². The molecule has 2 atom stereocenters. The third-order valence-corrected chi connectivity index (χ3v) is 6.00. The van der Waals surface area contributed by atoms with Gasteiger partial charge in [0, 0.05) is 48.2 Å². The number of halogens is 4. The van der Waals surface area contributed by atoms with Gasteiger partial charge < -0.3 is 14.0 Å². The molecule has 0 radical (unpaired) electrons. The number of hydrogen-bond acceptors (Lipinski definition) is 4. The third kappa shape index (κ3) is 2.86. The van der Waals surface area contributed by atoms with E-state index in [1.54, 1.807) is 4.57 Å². The van der Waals surface area contributed by atoms with E-state index in [0.29, 0.717) is 54.7 Å². The third-order valence-electron chi connectivity index (χ3n) is 6.00. The van der Waals surface area contributed by atoms with E-state index in [9.17, 15) is 17.6 Å². The van der Waals surface area contributed by atoms with Crippen molar-refractivity contribution in [2.45, 2.75) is 31.2 Å². The molecular formula is C20H19F4N3O2. The van der Waals surface area contributed by atoms with E-state index >= 15 is 0 Å². The molecule has 5 nitrogen and oxygen atoms in total. The number of methoxy groups -OCH3 is 1. The molecule has 0 N–H and O–H groups in total. The first-order valence-corrected chi connectivity index (χ1v) is 9.43. The topological polar surface area (TPSA) is 39.5 Å². The largest absolute Gasteiger partial charge is 0.494 e. The van der Waals surface area contributed by atoms with Crippen molar-refractivity contribution in [3.05, 3.63) is 35.9 Å². The molecule has 29 heavy (non-hydrogen) atoms. The average Bonchev–Trinajstić information content (AvgIpc) is 3.00. The van der Waals surface area contributed by atoms with Crippen LogP contribution >= 0.6 is 0 Å². The van der Waals surface area contributed by atoms with E-state index in [1.165, 1.54) is 25.3 Å². The second-order valence-corrected chi connectivity index (χ2v) is 7.53. The normalized spacial score (nSPS) is 22.2. The van der Waals surface area contributed by atoms with Gasteiger partial charge in [-0.05, 0) is 18.6 Å². The average molecular weight is 409 g/mol. The summed E-state index contributed by atoms with van der Waals surface area (Å²) in [5.41, 5.74) is -0.485. The number of aromatic nitrogens is 2. The monoisotopic (exact) mass is 409 g/mol. The molecule has 0 spiro atoms. The number of pyridine rings is 1. The minimum absolute atomic E-state index is 0.00251. The first-order valence-electron chi connectivity index (χ1n) is 9.43. The number of benzene rings is 1. The Balaban J connectivity index is 1.67. The van der Waals surface area contributed by atoms with E-state index in [-0.39, 0.29) is 11.3 Å². The Bertz CT molecular complexity index is 1080. The summed E-state index contributed by atoms with van der Waals surface area (Å²) in [7, 11) is 1.33. The van der Waals surface area contributed by atoms with Crippen LogP contribution < -0.4 is 4.74 Å². The summed E-state index contributed by atoms with van der Waals surface area (Å²) in [6.45, 7) is 2.22. The van der Waals surface area contributed by atoms with Crippen molar-refractivity contribution in [1.29, 1.82) is 0 Å². The number of morpholine rings is 1. The molecule has 0 saturated carbocycles. The van der Waals surface area contributed by atoms with Crippen LogP contribution in [0.5, 0.6) is 5.75 Å². The second kappa shape index (κ2) is 6.56. The molecule has 2 aliphatic rings. The molecule has 2 saturated heterocycles. The van der Waals surface area contributed by atoms with Crippen molar-refractivity contribution in [3.63, 3.8) is 0 Å². The lowest BCUT2D eigenvalue weighted by atomic mass is 9.91. The maximum Gasteiger partial charge on any atom is 0.435 e. The van der Waals surface area contributed by atoms with Gasteiger partial charge in [0.15, 0.2) is 17.3 Å². The fourth-order valence-corrected chi connectivity index (χ4v) is 4.64. The highest BCUT2D eigenvalue weighted by Crippen LogP contribution is 2.40. The zero-order valence-corrected chi connectivity index (χ0v) is 15.7. The fourth-order valence-electron chi connectivity index (χ4n) is 4.64. The van der Waals surface area contributed by atoms with Gasteiger partial charge in [0.05, 0.1) is 31.4 Å². The SMILES string of the molecule is COc1cc2c(cc1F)c1ccnc(C(F)(F)F)c1n2CCN1C2COCC1C2. The van der Waals surface area contributed by atoms with Crippen molar-refractivity contribution in [2.24, 2.45) is 0 Å². The highest BCUT2D eigenvalue weighted by molar-refractivity contribution is 6.09. The molecule has 0 amide bonds. The fraction of sp³-hybridized carbons (Fsp3) is 0.450. The Labute approximate surface area is 163 Å². The van der Waals surface area contributed by atoms with Gasteiger partial charge in [-0.2, -0.15) is 13.2 Å². The standard InChI is InChI=1S/C20H19F4N3O2/c1-28-17-8-16-14(7-15(17)21)13-2-3-25-19(20(22,23)24)18(13)27(16)5-4-26-11-6-12(26)10-29-9-11/h2-3,7-8,11-12H,4-6,9-10H2,1H3. The second-order valence-electron chi connectivity index (χ2n) is 7.53. The van der Waals surface area contributed by atoms with Crippen LogP contribution in [-0.2, 0) is 17.5 Å². The van der Waals surface area contributed by atoms with Crippen molar-refractivity contribution in [1.82, 2.24) is 14.5 Å². The summed E-state index contributed by atoms with van der Waals surface area (Å²) >= 11 is 0. The van der Waals surface area contributed by atoms with Crippen molar-refractivity contribution >= 4 is 21.8 Å². The maximum absolute atomic E-state index is 14.3. The van der Waals surface area contributed by atoms with Gasteiger partial charge in [-0.3, -0.25) is 4.90 Å². The number of ether oxygens (including phenoxy) is 2. The summed E-state index contributed by atoms with van der Waals surface area (Å²) in [6, 6.07) is 4.83. The molecule has 5 rings (SSSR count). The highest BCUT2D eigenvalue weighted by atomic mass is 19.4. The lowest BCUT2D eigenvalue weighted by Crippen LogP contribution is -2.64. The minimum atomic E-state index is -4.62. The van der Waals surface area contributed by atoms with Crippen LogP contribution in [0.3, 0.4) is 0 Å². The smallest absolute Gasteiger partial charge is 0.435 e. The molecule has 0 aliphatic carbocycles. The van der Waals surface area contributed by atoms with E-state index in [2.05, 4.69) is 9.88 Å². The lowest BCUT2D eigenvalue weighted by Gasteiger charge is -2.52. The Kier molecular flexibility index (Phi) is 4.22. The van der Waals surface area contributed by atoms with Crippen LogP contribution in [0.4, 0.5) is 17.6 Å². The molecule has 2 unspecified atom stereocenters. The van der Waals surface area contributed by atoms with E-state index in [1.807, 2.05) is 0 Å². The number of alkyl halides is 3. The highest BCUT2D eigenvalue weighted by Gasteiger charge is 2.42. The molecule has 154 valence electrons. The number of rotatable bonds is 4. The van der Waals surface area contributed by atoms with Gasteiger partial charge >= 0.3 is 6.18 Å². The van der Waals surface area contributed by atoms with Crippen molar-refractivity contribution in [2.75, 3.05) is 26.9 Å². The molecule has 2 aromatic heterocycles. The van der Waals surface area contributed by atoms with Gasteiger partial charge in [-0.15, -0.1) is 0 Å². The molecular weight excluding hydrogens is 390 g/mol. The first kappa shape index (κ1) is 18.6. The first-order chi connectivity index (χ1) is 13.9. The Morgan fingerprint density at radius 2 is 1.93 bits per heavy atom. The summed E-state index contributed by atoms with van der Waals surface area (Å²) in [5, 5.41) is 0.745. The zero-order valence-electron chi connectivity index (χ0n) is 15.7. The van der Waals surface area contributed by atoms with Crippen LogP contribution in [0, 0.1) is 5.82 Å². The Hall–Kier alpha value is -2.39. The predicted octanol–water partition coefficient (Wildman–Crippen LogP) is 3.83. The van der Waals surface area contributed by atoms with Gasteiger partial charge in [0.1, 0.15) is 0 Å². The predicted molar refractivity (Wildman–Crippen MR) is 98.5 cm³/mol. The van der Waals surface area contributed by atoms with Crippen molar-refractivity contribution in [3.8, 4) is 5.75 Å². The maximum atomic E-state index is 14.3. The summed E-state index contributed by atoms with van der Waals surface area (Å²) in [5.74, 6) is -0.615. The van der Waals surface area contributed by atoms with E-state index < -0.39 is 17.7 Å². The van der Waals surface area contributed by atoms with E-state index in [4.69, 9.17) is 9.47 Å². The van der Waals surface area contributed by atoms with E-state index in [0.717, 1.165) is 12.6 Å². The van der Waals surface area contributed by atoms with Gasteiger partial charge in [-0.1, -0.05) is 0 Å². The number of hydrogen-bond donors (Lipinski definition) is 0.